The van der Waals surface area contributed by atoms with E-state index in [1.54, 1.807) is 15.6 Å². The van der Waals surface area contributed by atoms with Crippen LogP contribution in [0.5, 0.6) is 0 Å². The first-order valence-electron chi connectivity index (χ1n) is 9.96. The van der Waals surface area contributed by atoms with Gasteiger partial charge in [0, 0.05) is 38.1 Å². The fourth-order valence-corrected chi connectivity index (χ4v) is 6.71. The molecule has 0 radical (unpaired) electrons. The largest absolute Gasteiger partial charge is 0.345 e. The summed E-state index contributed by atoms with van der Waals surface area (Å²) in [7, 11) is -3.48. The molecule has 2 heterocycles. The highest BCUT2D eigenvalue weighted by Gasteiger charge is 2.50. The molecule has 0 unspecified atom stereocenters. The van der Waals surface area contributed by atoms with Gasteiger partial charge in [0.1, 0.15) is 0 Å². The van der Waals surface area contributed by atoms with Crippen molar-refractivity contribution in [2.24, 2.45) is 5.92 Å². The lowest BCUT2D eigenvalue weighted by Gasteiger charge is -2.33. The van der Waals surface area contributed by atoms with E-state index < -0.39 is 10.2 Å². The third-order valence-electron chi connectivity index (χ3n) is 5.98. The molecule has 2 fully saturated rings. The lowest BCUT2D eigenvalue weighted by Crippen LogP contribution is -2.52. The number of thiazole rings is 1. The van der Waals surface area contributed by atoms with Crippen LogP contribution in [0.4, 0.5) is 5.13 Å². The molecule has 152 valence electrons. The van der Waals surface area contributed by atoms with Crippen molar-refractivity contribution in [1.82, 2.24) is 14.0 Å². The van der Waals surface area contributed by atoms with Crippen molar-refractivity contribution in [2.45, 2.75) is 18.9 Å². The van der Waals surface area contributed by atoms with E-state index in [0.717, 1.165) is 15.3 Å². The minimum atomic E-state index is -3.48. The van der Waals surface area contributed by atoms with Gasteiger partial charge in [0.05, 0.1) is 10.2 Å². The highest BCUT2D eigenvalue weighted by Crippen LogP contribution is 2.47. The van der Waals surface area contributed by atoms with E-state index in [9.17, 15) is 8.42 Å². The maximum atomic E-state index is 12.9. The SMILES string of the molecule is C[C@H]1[C@H](NS(=O)(=O)N2CCN(c3nc4ccccc4s3)CC2)[C@H]1c1ccccc1. The summed E-state index contributed by atoms with van der Waals surface area (Å²) >= 11 is 1.66. The first-order chi connectivity index (χ1) is 14.0. The summed E-state index contributed by atoms with van der Waals surface area (Å²) < 4.78 is 31.5. The number of nitrogens with one attached hydrogen (secondary N) is 1. The topological polar surface area (TPSA) is 65.5 Å². The Kier molecular flexibility index (Phi) is 4.82. The summed E-state index contributed by atoms with van der Waals surface area (Å²) in [5, 5.41) is 0.969. The average molecular weight is 429 g/mol. The van der Waals surface area contributed by atoms with Crippen molar-refractivity contribution >= 4 is 36.9 Å². The highest BCUT2D eigenvalue weighted by atomic mass is 32.2. The van der Waals surface area contributed by atoms with Gasteiger partial charge in [0.25, 0.3) is 10.2 Å². The van der Waals surface area contributed by atoms with Gasteiger partial charge >= 0.3 is 0 Å². The van der Waals surface area contributed by atoms with Gasteiger partial charge in [-0.25, -0.2) is 4.98 Å². The third kappa shape index (κ3) is 3.66. The van der Waals surface area contributed by atoms with Gasteiger partial charge in [-0.2, -0.15) is 17.4 Å². The van der Waals surface area contributed by atoms with Crippen LogP contribution >= 0.6 is 11.3 Å². The Balaban J connectivity index is 1.22. The van der Waals surface area contributed by atoms with Crippen molar-refractivity contribution in [1.29, 1.82) is 0 Å². The molecule has 5 rings (SSSR count). The molecule has 6 nitrogen and oxygen atoms in total. The molecule has 0 spiro atoms. The fourth-order valence-electron chi connectivity index (χ4n) is 4.19. The number of nitrogens with zero attached hydrogens (tertiary/aromatic N) is 3. The molecule has 29 heavy (non-hydrogen) atoms. The lowest BCUT2D eigenvalue weighted by atomic mass is 10.1. The van der Waals surface area contributed by atoms with E-state index in [-0.39, 0.29) is 12.0 Å². The molecule has 0 amide bonds. The summed E-state index contributed by atoms with van der Waals surface area (Å²) in [6.45, 7) is 4.37. The zero-order valence-electron chi connectivity index (χ0n) is 16.2. The van der Waals surface area contributed by atoms with Gasteiger partial charge in [-0.15, -0.1) is 0 Å². The zero-order valence-corrected chi connectivity index (χ0v) is 17.9. The molecule has 1 aliphatic heterocycles. The molecule has 3 aromatic rings. The van der Waals surface area contributed by atoms with Crippen LogP contribution in [0.3, 0.4) is 0 Å². The van der Waals surface area contributed by atoms with Gasteiger partial charge < -0.3 is 4.90 Å². The first kappa shape index (κ1) is 19.0. The lowest BCUT2D eigenvalue weighted by molar-refractivity contribution is 0.377. The Hall–Kier alpha value is -2.00. The highest BCUT2D eigenvalue weighted by molar-refractivity contribution is 7.87. The van der Waals surface area contributed by atoms with Crippen LogP contribution in [-0.4, -0.2) is 49.9 Å². The molecule has 1 aromatic heterocycles. The van der Waals surface area contributed by atoms with Crippen LogP contribution in [-0.2, 0) is 10.2 Å². The van der Waals surface area contributed by atoms with Crippen molar-refractivity contribution in [3.63, 3.8) is 0 Å². The summed E-state index contributed by atoms with van der Waals surface area (Å²) in [5.74, 6) is 0.575. The Morgan fingerprint density at radius 1 is 1.00 bits per heavy atom. The summed E-state index contributed by atoms with van der Waals surface area (Å²) in [6.07, 6.45) is 0. The minimum Gasteiger partial charge on any atom is -0.345 e. The van der Waals surface area contributed by atoms with E-state index in [1.165, 1.54) is 5.56 Å². The number of piperazine rings is 1. The number of anilines is 1. The second kappa shape index (κ2) is 7.36. The van der Waals surface area contributed by atoms with Crippen LogP contribution in [0.1, 0.15) is 18.4 Å². The number of aromatic nitrogens is 1. The molecular weight excluding hydrogens is 404 g/mol. The maximum absolute atomic E-state index is 12.9. The van der Waals surface area contributed by atoms with Crippen molar-refractivity contribution < 1.29 is 8.42 Å². The molecule has 2 aromatic carbocycles. The van der Waals surface area contributed by atoms with Crippen LogP contribution in [0.15, 0.2) is 54.6 Å². The van der Waals surface area contributed by atoms with Crippen LogP contribution < -0.4 is 9.62 Å². The molecule has 3 atom stereocenters. The molecular formula is C21H24N4O2S2. The summed E-state index contributed by atoms with van der Waals surface area (Å²) in [5.41, 5.74) is 2.20. The number of hydrogen-bond acceptors (Lipinski definition) is 5. The first-order valence-corrected chi connectivity index (χ1v) is 12.2. The van der Waals surface area contributed by atoms with E-state index in [2.05, 4.69) is 34.7 Å². The van der Waals surface area contributed by atoms with Gasteiger partial charge in [0.15, 0.2) is 5.13 Å². The zero-order chi connectivity index (χ0) is 20.0. The number of fused-ring (bicyclic) bond motifs is 1. The number of rotatable bonds is 5. The van der Waals surface area contributed by atoms with Crippen molar-refractivity contribution in [3.8, 4) is 0 Å². The Labute approximate surface area is 175 Å². The second-order valence-corrected chi connectivity index (χ2v) is 10.5. The maximum Gasteiger partial charge on any atom is 0.279 e. The number of para-hydroxylation sites is 1. The Morgan fingerprint density at radius 2 is 1.69 bits per heavy atom. The molecule has 8 heteroatoms. The quantitative estimate of drug-likeness (QED) is 0.678. The smallest absolute Gasteiger partial charge is 0.279 e. The fraction of sp³-hybridized carbons (Fsp3) is 0.381. The Morgan fingerprint density at radius 3 is 2.41 bits per heavy atom. The van der Waals surface area contributed by atoms with E-state index in [4.69, 9.17) is 4.98 Å². The van der Waals surface area contributed by atoms with Crippen LogP contribution in [0.2, 0.25) is 0 Å². The second-order valence-electron chi connectivity index (χ2n) is 7.79. The minimum absolute atomic E-state index is 0.0234. The molecule has 2 aliphatic rings. The number of hydrogen-bond donors (Lipinski definition) is 1. The predicted molar refractivity (Wildman–Crippen MR) is 118 cm³/mol. The molecule has 1 saturated heterocycles. The molecule has 1 aliphatic carbocycles. The van der Waals surface area contributed by atoms with E-state index in [1.807, 2.05) is 36.4 Å². The predicted octanol–water partition coefficient (Wildman–Crippen LogP) is 3.05. The number of benzene rings is 2. The summed E-state index contributed by atoms with van der Waals surface area (Å²) in [6, 6.07) is 18.2. The van der Waals surface area contributed by atoms with E-state index >= 15 is 0 Å². The normalized spacial score (nSPS) is 25.4. The van der Waals surface area contributed by atoms with Gasteiger partial charge in [-0.05, 0) is 23.6 Å². The monoisotopic (exact) mass is 428 g/mol. The Bertz CT molecular complexity index is 1070. The van der Waals surface area contributed by atoms with Crippen LogP contribution in [0, 0.1) is 5.92 Å². The van der Waals surface area contributed by atoms with Crippen LogP contribution in [0.25, 0.3) is 10.2 Å². The summed E-state index contributed by atoms with van der Waals surface area (Å²) in [4.78, 5) is 6.88. The van der Waals surface area contributed by atoms with Crippen molar-refractivity contribution in [3.05, 3.63) is 60.2 Å². The molecule has 1 saturated carbocycles. The van der Waals surface area contributed by atoms with E-state index in [0.29, 0.717) is 32.1 Å². The molecule has 0 bridgehead atoms. The van der Waals surface area contributed by atoms with Gasteiger partial charge in [-0.1, -0.05) is 60.7 Å². The average Bonchev–Trinajstić information content (AvgIpc) is 3.16. The van der Waals surface area contributed by atoms with Gasteiger partial charge in [-0.3, -0.25) is 0 Å². The standard InChI is InChI=1S/C21H24N4O2S2/c1-15-19(16-7-3-2-4-8-16)20(15)23-29(26,27)25-13-11-24(12-14-25)21-22-17-9-5-6-10-18(17)28-21/h2-10,15,19-20,23H,11-14H2,1H3/t15-,19-,20+/m1/s1. The van der Waals surface area contributed by atoms with Gasteiger partial charge in [0.2, 0.25) is 0 Å². The van der Waals surface area contributed by atoms with Crippen molar-refractivity contribution in [2.75, 3.05) is 31.1 Å². The molecule has 1 N–H and O–H groups in total. The third-order valence-corrected chi connectivity index (χ3v) is 8.69.